The van der Waals surface area contributed by atoms with Gasteiger partial charge in [-0.15, -0.1) is 0 Å². The minimum atomic E-state index is 0.265. The van der Waals surface area contributed by atoms with Crippen molar-refractivity contribution in [2.45, 2.75) is 47.0 Å². The number of amides is 1. The Labute approximate surface area is 101 Å². The van der Waals surface area contributed by atoms with Crippen molar-refractivity contribution < 1.29 is 4.79 Å². The van der Waals surface area contributed by atoms with Crippen molar-refractivity contribution in [3.05, 3.63) is 0 Å². The topological polar surface area (TPSA) is 32.3 Å². The van der Waals surface area contributed by atoms with Gasteiger partial charge in [0.2, 0.25) is 5.91 Å². The van der Waals surface area contributed by atoms with Crippen LogP contribution < -0.4 is 5.32 Å². The highest BCUT2D eigenvalue weighted by Crippen LogP contribution is 2.01. The van der Waals surface area contributed by atoms with Crippen molar-refractivity contribution in [2.75, 3.05) is 26.2 Å². The van der Waals surface area contributed by atoms with Gasteiger partial charge in [-0.1, -0.05) is 13.8 Å². The Bertz CT molecular complexity index is 177. The van der Waals surface area contributed by atoms with Gasteiger partial charge < -0.3 is 10.2 Å². The molecule has 0 heterocycles. The summed E-state index contributed by atoms with van der Waals surface area (Å²) in [6.07, 6.45) is 3.09. The van der Waals surface area contributed by atoms with Gasteiger partial charge in [-0.3, -0.25) is 4.79 Å². The minimum absolute atomic E-state index is 0.265. The van der Waals surface area contributed by atoms with Crippen LogP contribution in [0.5, 0.6) is 0 Å². The second-order valence-corrected chi connectivity index (χ2v) is 4.60. The predicted molar refractivity (Wildman–Crippen MR) is 69.5 cm³/mol. The Balaban J connectivity index is 3.40. The molecule has 1 N–H and O–H groups in total. The first kappa shape index (κ1) is 15.4. The number of hydrogen-bond donors (Lipinski definition) is 1. The van der Waals surface area contributed by atoms with Gasteiger partial charge in [0.15, 0.2) is 0 Å². The van der Waals surface area contributed by atoms with Crippen LogP contribution in [-0.2, 0) is 4.79 Å². The zero-order chi connectivity index (χ0) is 12.4. The van der Waals surface area contributed by atoms with Gasteiger partial charge >= 0.3 is 0 Å². The molecule has 0 aliphatic heterocycles. The lowest BCUT2D eigenvalue weighted by atomic mass is 10.1. The Morgan fingerprint density at radius 3 is 2.31 bits per heavy atom. The lowest BCUT2D eigenvalue weighted by Crippen LogP contribution is -2.33. The third kappa shape index (κ3) is 7.69. The summed E-state index contributed by atoms with van der Waals surface area (Å²) in [4.78, 5) is 13.5. The van der Waals surface area contributed by atoms with E-state index in [2.05, 4.69) is 19.2 Å². The maximum absolute atomic E-state index is 11.6. The summed E-state index contributed by atoms with van der Waals surface area (Å²) in [6.45, 7) is 12.0. The van der Waals surface area contributed by atoms with E-state index in [0.717, 1.165) is 32.1 Å². The van der Waals surface area contributed by atoms with Gasteiger partial charge in [-0.05, 0) is 39.2 Å². The minimum Gasteiger partial charge on any atom is -0.343 e. The Morgan fingerprint density at radius 2 is 1.81 bits per heavy atom. The predicted octanol–water partition coefficient (Wildman–Crippen LogP) is 2.27. The molecular weight excluding hydrogens is 200 g/mol. The van der Waals surface area contributed by atoms with Crippen LogP contribution in [0.25, 0.3) is 0 Å². The molecule has 0 aliphatic carbocycles. The maximum Gasteiger partial charge on any atom is 0.223 e. The Kier molecular flexibility index (Phi) is 9.30. The first-order chi connectivity index (χ1) is 7.61. The molecule has 0 bridgehead atoms. The summed E-state index contributed by atoms with van der Waals surface area (Å²) in [5, 5.41) is 3.33. The first-order valence-electron chi connectivity index (χ1n) is 6.60. The average Bonchev–Trinajstić information content (AvgIpc) is 2.24. The second kappa shape index (κ2) is 9.64. The molecule has 0 unspecified atom stereocenters. The molecule has 0 aromatic carbocycles. The third-order valence-corrected chi connectivity index (χ3v) is 2.77. The normalized spacial score (nSPS) is 10.8. The molecule has 96 valence electrons. The van der Waals surface area contributed by atoms with Gasteiger partial charge in [-0.25, -0.2) is 0 Å². The van der Waals surface area contributed by atoms with E-state index in [1.165, 1.54) is 12.8 Å². The van der Waals surface area contributed by atoms with E-state index in [4.69, 9.17) is 0 Å². The van der Waals surface area contributed by atoms with Gasteiger partial charge in [0, 0.05) is 26.1 Å². The number of carbonyl (C=O) groups excluding carboxylic acids is 1. The lowest BCUT2D eigenvalue weighted by molar-refractivity contribution is -0.130. The molecule has 0 saturated heterocycles. The van der Waals surface area contributed by atoms with Crippen LogP contribution in [0.2, 0.25) is 0 Å². The third-order valence-electron chi connectivity index (χ3n) is 2.77. The molecule has 0 spiro atoms. The molecule has 1 amide bonds. The Morgan fingerprint density at radius 1 is 1.19 bits per heavy atom. The smallest absolute Gasteiger partial charge is 0.223 e. The lowest BCUT2D eigenvalue weighted by Gasteiger charge is -2.18. The molecule has 0 saturated carbocycles. The van der Waals surface area contributed by atoms with E-state index in [1.54, 1.807) is 0 Å². The van der Waals surface area contributed by atoms with Gasteiger partial charge in [-0.2, -0.15) is 0 Å². The molecule has 16 heavy (non-hydrogen) atoms. The SMILES string of the molecule is CCN(CC)C(=O)CCNCCCC(C)C. The van der Waals surface area contributed by atoms with E-state index in [-0.39, 0.29) is 5.91 Å². The van der Waals surface area contributed by atoms with Crippen molar-refractivity contribution in [1.82, 2.24) is 10.2 Å². The number of nitrogens with zero attached hydrogens (tertiary/aromatic N) is 1. The van der Waals surface area contributed by atoms with Crippen molar-refractivity contribution in [3.8, 4) is 0 Å². The average molecular weight is 228 g/mol. The molecule has 0 aromatic heterocycles. The molecule has 0 atom stereocenters. The van der Waals surface area contributed by atoms with Gasteiger partial charge in [0.05, 0.1) is 0 Å². The summed E-state index contributed by atoms with van der Waals surface area (Å²) in [7, 11) is 0. The summed E-state index contributed by atoms with van der Waals surface area (Å²) >= 11 is 0. The highest BCUT2D eigenvalue weighted by Gasteiger charge is 2.07. The van der Waals surface area contributed by atoms with Crippen LogP contribution in [-0.4, -0.2) is 37.0 Å². The number of rotatable bonds is 9. The van der Waals surface area contributed by atoms with Crippen molar-refractivity contribution >= 4 is 5.91 Å². The van der Waals surface area contributed by atoms with E-state index in [9.17, 15) is 4.79 Å². The summed E-state index contributed by atoms with van der Waals surface area (Å²) in [6, 6.07) is 0. The van der Waals surface area contributed by atoms with Crippen LogP contribution >= 0.6 is 0 Å². The second-order valence-electron chi connectivity index (χ2n) is 4.60. The molecule has 0 aromatic rings. The number of carbonyl (C=O) groups is 1. The molecule has 0 rings (SSSR count). The highest BCUT2D eigenvalue weighted by atomic mass is 16.2. The Hall–Kier alpha value is -0.570. The van der Waals surface area contributed by atoms with E-state index < -0.39 is 0 Å². The van der Waals surface area contributed by atoms with E-state index in [0.29, 0.717) is 6.42 Å². The monoisotopic (exact) mass is 228 g/mol. The van der Waals surface area contributed by atoms with Crippen LogP contribution in [0.15, 0.2) is 0 Å². The fourth-order valence-corrected chi connectivity index (χ4v) is 1.69. The van der Waals surface area contributed by atoms with Crippen LogP contribution in [0.4, 0.5) is 0 Å². The van der Waals surface area contributed by atoms with Gasteiger partial charge in [0.1, 0.15) is 0 Å². The first-order valence-corrected chi connectivity index (χ1v) is 6.60. The molecule has 3 heteroatoms. The van der Waals surface area contributed by atoms with Crippen molar-refractivity contribution in [2.24, 2.45) is 5.92 Å². The van der Waals surface area contributed by atoms with Crippen molar-refractivity contribution in [1.29, 1.82) is 0 Å². The van der Waals surface area contributed by atoms with E-state index in [1.807, 2.05) is 18.7 Å². The summed E-state index contributed by atoms with van der Waals surface area (Å²) in [5.74, 6) is 1.04. The number of hydrogen-bond acceptors (Lipinski definition) is 2. The fourth-order valence-electron chi connectivity index (χ4n) is 1.69. The largest absolute Gasteiger partial charge is 0.343 e. The van der Waals surface area contributed by atoms with E-state index >= 15 is 0 Å². The molecule has 0 radical (unpaired) electrons. The van der Waals surface area contributed by atoms with Crippen molar-refractivity contribution in [3.63, 3.8) is 0 Å². The van der Waals surface area contributed by atoms with Crippen LogP contribution in [0, 0.1) is 5.92 Å². The fraction of sp³-hybridized carbons (Fsp3) is 0.923. The van der Waals surface area contributed by atoms with Crippen LogP contribution in [0.1, 0.15) is 47.0 Å². The molecule has 0 aliphatic rings. The van der Waals surface area contributed by atoms with Gasteiger partial charge in [0.25, 0.3) is 0 Å². The van der Waals surface area contributed by atoms with Crippen LogP contribution in [0.3, 0.4) is 0 Å². The molecule has 3 nitrogen and oxygen atoms in total. The standard InChI is InChI=1S/C13H28N2O/c1-5-15(6-2)13(16)9-11-14-10-7-8-12(3)4/h12,14H,5-11H2,1-4H3. The number of nitrogens with one attached hydrogen (secondary N) is 1. The molecule has 0 fully saturated rings. The summed E-state index contributed by atoms with van der Waals surface area (Å²) < 4.78 is 0. The highest BCUT2D eigenvalue weighted by molar-refractivity contribution is 5.76. The summed E-state index contributed by atoms with van der Waals surface area (Å²) in [5.41, 5.74) is 0. The zero-order valence-electron chi connectivity index (χ0n) is 11.4. The quantitative estimate of drug-likeness (QED) is 0.614. The maximum atomic E-state index is 11.6. The zero-order valence-corrected chi connectivity index (χ0v) is 11.4. The molecular formula is C13H28N2O.